The average molecular weight is 279 g/mol. The molecule has 0 amide bonds. The molecule has 0 radical (unpaired) electrons. The van der Waals surface area contributed by atoms with Crippen molar-refractivity contribution in [3.63, 3.8) is 0 Å². The number of rotatable bonds is 1. The van der Waals surface area contributed by atoms with Gasteiger partial charge in [0.15, 0.2) is 0 Å². The summed E-state index contributed by atoms with van der Waals surface area (Å²) in [7, 11) is 0. The van der Waals surface area contributed by atoms with Gasteiger partial charge in [-0.3, -0.25) is 4.68 Å². The van der Waals surface area contributed by atoms with Crippen LogP contribution in [0, 0.1) is 11.3 Å². The Morgan fingerprint density at radius 3 is 2.55 bits per heavy atom. The smallest absolute Gasteiger partial charge is 0.147 e. The standard InChI is InChI=1S/C6H5Br2N3/c1-2-11-6(8)4(3-9)5(7)10-11/h2H2,1H3. The molecule has 5 heteroatoms. The molecule has 0 aliphatic carbocycles. The van der Waals surface area contributed by atoms with Crippen LogP contribution in [0.5, 0.6) is 0 Å². The van der Waals surface area contributed by atoms with Gasteiger partial charge >= 0.3 is 0 Å². The van der Waals surface area contributed by atoms with Crippen molar-refractivity contribution in [3.05, 3.63) is 14.8 Å². The minimum absolute atomic E-state index is 0.548. The van der Waals surface area contributed by atoms with Gasteiger partial charge in [0.25, 0.3) is 0 Å². The maximum absolute atomic E-state index is 8.64. The SMILES string of the molecule is CCn1nc(Br)c(C#N)c1Br. The van der Waals surface area contributed by atoms with Crippen LogP contribution in [0.25, 0.3) is 0 Å². The summed E-state index contributed by atoms with van der Waals surface area (Å²) in [5.41, 5.74) is 0.548. The quantitative estimate of drug-likeness (QED) is 0.791. The van der Waals surface area contributed by atoms with Gasteiger partial charge < -0.3 is 0 Å². The molecule has 0 saturated heterocycles. The van der Waals surface area contributed by atoms with Gasteiger partial charge in [0.05, 0.1) is 0 Å². The number of halogens is 2. The highest BCUT2D eigenvalue weighted by molar-refractivity contribution is 9.11. The molecule has 0 bridgehead atoms. The third kappa shape index (κ3) is 1.47. The van der Waals surface area contributed by atoms with Crippen molar-refractivity contribution >= 4 is 31.9 Å². The molecule has 3 nitrogen and oxygen atoms in total. The van der Waals surface area contributed by atoms with Crippen LogP contribution in [0.4, 0.5) is 0 Å². The number of aryl methyl sites for hydroxylation is 1. The maximum atomic E-state index is 8.64. The molecule has 0 saturated carbocycles. The highest BCUT2D eigenvalue weighted by Gasteiger charge is 2.11. The number of nitrogens with zero attached hydrogens (tertiary/aromatic N) is 3. The highest BCUT2D eigenvalue weighted by Crippen LogP contribution is 2.23. The monoisotopic (exact) mass is 277 g/mol. The van der Waals surface area contributed by atoms with E-state index in [1.165, 1.54) is 0 Å². The second-order valence-corrected chi connectivity index (χ2v) is 3.39. The summed E-state index contributed by atoms with van der Waals surface area (Å²) in [4.78, 5) is 0. The van der Waals surface area contributed by atoms with Gasteiger partial charge in [0, 0.05) is 6.54 Å². The summed E-state index contributed by atoms with van der Waals surface area (Å²) in [5.74, 6) is 0. The normalized spacial score (nSPS) is 9.64. The number of hydrogen-bond donors (Lipinski definition) is 0. The Morgan fingerprint density at radius 1 is 1.64 bits per heavy atom. The molecule has 1 rings (SSSR count). The van der Waals surface area contributed by atoms with Gasteiger partial charge in [-0.2, -0.15) is 10.4 Å². The zero-order valence-corrected chi connectivity index (χ0v) is 8.98. The van der Waals surface area contributed by atoms with E-state index in [4.69, 9.17) is 5.26 Å². The Hall–Kier alpha value is -0.340. The second-order valence-electron chi connectivity index (χ2n) is 1.88. The largest absolute Gasteiger partial charge is 0.256 e. The second kappa shape index (κ2) is 3.37. The van der Waals surface area contributed by atoms with Crippen LogP contribution in [0.2, 0.25) is 0 Å². The van der Waals surface area contributed by atoms with Crippen molar-refractivity contribution in [2.24, 2.45) is 0 Å². The lowest BCUT2D eigenvalue weighted by molar-refractivity contribution is 0.641. The topological polar surface area (TPSA) is 41.6 Å². The number of hydrogen-bond acceptors (Lipinski definition) is 2. The zero-order valence-electron chi connectivity index (χ0n) is 5.80. The van der Waals surface area contributed by atoms with E-state index in [-0.39, 0.29) is 0 Å². The fourth-order valence-electron chi connectivity index (χ4n) is 0.716. The van der Waals surface area contributed by atoms with Crippen LogP contribution < -0.4 is 0 Å². The lowest BCUT2D eigenvalue weighted by Crippen LogP contribution is -1.95. The molecule has 0 atom stereocenters. The van der Waals surface area contributed by atoms with Crippen LogP contribution >= 0.6 is 31.9 Å². The minimum Gasteiger partial charge on any atom is -0.256 e. The Balaban J connectivity index is 3.28. The van der Waals surface area contributed by atoms with E-state index in [1.54, 1.807) is 4.68 Å². The van der Waals surface area contributed by atoms with Gasteiger partial charge in [0.2, 0.25) is 0 Å². The summed E-state index contributed by atoms with van der Waals surface area (Å²) < 4.78 is 3.03. The summed E-state index contributed by atoms with van der Waals surface area (Å²) >= 11 is 6.45. The van der Waals surface area contributed by atoms with Gasteiger partial charge in [-0.25, -0.2) is 0 Å². The van der Waals surface area contributed by atoms with Gasteiger partial charge in [-0.15, -0.1) is 0 Å². The fourth-order valence-corrected chi connectivity index (χ4v) is 2.06. The van der Waals surface area contributed by atoms with E-state index < -0.39 is 0 Å². The fraction of sp³-hybridized carbons (Fsp3) is 0.333. The predicted octanol–water partition coefficient (Wildman–Crippen LogP) is 2.30. The molecule has 1 aromatic rings. The average Bonchev–Trinajstić information content (AvgIpc) is 2.26. The predicted molar refractivity (Wildman–Crippen MR) is 48.0 cm³/mol. The van der Waals surface area contributed by atoms with E-state index in [1.807, 2.05) is 13.0 Å². The zero-order chi connectivity index (χ0) is 8.43. The molecule has 0 aliphatic rings. The molecule has 1 heterocycles. The van der Waals surface area contributed by atoms with Crippen LogP contribution in [0.1, 0.15) is 12.5 Å². The van der Waals surface area contributed by atoms with Crippen molar-refractivity contribution in [1.29, 1.82) is 5.26 Å². The van der Waals surface area contributed by atoms with Crippen LogP contribution in [0.3, 0.4) is 0 Å². The molecule has 0 N–H and O–H groups in total. The van der Waals surface area contributed by atoms with Gasteiger partial charge in [0.1, 0.15) is 20.8 Å². The van der Waals surface area contributed by atoms with Crippen LogP contribution in [-0.4, -0.2) is 9.78 Å². The molecule has 0 aromatic carbocycles. The first-order valence-electron chi connectivity index (χ1n) is 3.02. The summed E-state index contributed by atoms with van der Waals surface area (Å²) in [6.45, 7) is 2.71. The van der Waals surface area contributed by atoms with Crippen molar-refractivity contribution in [3.8, 4) is 6.07 Å². The molecule has 58 valence electrons. The Bertz CT molecular complexity index is 310. The van der Waals surface area contributed by atoms with E-state index in [0.717, 1.165) is 11.1 Å². The first kappa shape index (κ1) is 8.75. The molecule has 0 spiro atoms. The van der Waals surface area contributed by atoms with Crippen molar-refractivity contribution in [1.82, 2.24) is 9.78 Å². The highest BCUT2D eigenvalue weighted by atomic mass is 79.9. The first-order chi connectivity index (χ1) is 5.20. The van der Waals surface area contributed by atoms with Crippen LogP contribution in [0.15, 0.2) is 9.21 Å². The molecular formula is C6H5Br2N3. The lowest BCUT2D eigenvalue weighted by Gasteiger charge is -1.94. The Labute approximate surface area is 81.3 Å². The third-order valence-electron chi connectivity index (χ3n) is 1.26. The maximum Gasteiger partial charge on any atom is 0.147 e. The first-order valence-corrected chi connectivity index (χ1v) is 4.61. The molecule has 11 heavy (non-hydrogen) atoms. The van der Waals surface area contributed by atoms with Gasteiger partial charge in [-0.1, -0.05) is 0 Å². The minimum atomic E-state index is 0.548. The summed E-state index contributed by atoms with van der Waals surface area (Å²) in [5, 5.41) is 12.7. The van der Waals surface area contributed by atoms with Gasteiger partial charge in [-0.05, 0) is 38.8 Å². The Morgan fingerprint density at radius 2 is 2.27 bits per heavy atom. The molecule has 0 unspecified atom stereocenters. The van der Waals surface area contributed by atoms with Crippen LogP contribution in [-0.2, 0) is 6.54 Å². The lowest BCUT2D eigenvalue weighted by atomic mass is 10.4. The van der Waals surface area contributed by atoms with E-state index in [9.17, 15) is 0 Å². The molecule has 0 fully saturated rings. The molecule has 0 aliphatic heterocycles. The van der Waals surface area contributed by atoms with Crippen molar-refractivity contribution in [2.45, 2.75) is 13.5 Å². The Kier molecular flexibility index (Phi) is 2.68. The van der Waals surface area contributed by atoms with E-state index >= 15 is 0 Å². The summed E-state index contributed by atoms with van der Waals surface area (Å²) in [6.07, 6.45) is 0. The van der Waals surface area contributed by atoms with E-state index in [0.29, 0.717) is 10.2 Å². The third-order valence-corrected chi connectivity index (χ3v) is 2.62. The number of nitriles is 1. The molecular weight excluding hydrogens is 274 g/mol. The van der Waals surface area contributed by atoms with Crippen molar-refractivity contribution < 1.29 is 0 Å². The van der Waals surface area contributed by atoms with E-state index in [2.05, 4.69) is 37.0 Å². The van der Waals surface area contributed by atoms with Crippen molar-refractivity contribution in [2.75, 3.05) is 0 Å². The molecule has 1 aromatic heterocycles. The number of aromatic nitrogens is 2. The summed E-state index contributed by atoms with van der Waals surface area (Å²) in [6, 6.07) is 2.04.